The number of rotatable bonds is 4. The third-order valence-electron chi connectivity index (χ3n) is 2.74. The minimum atomic E-state index is 0.0994. The van der Waals surface area contributed by atoms with Crippen molar-refractivity contribution < 1.29 is 4.79 Å². The number of carbonyl (C=O) groups excluding carboxylic acids is 1. The number of pyridine rings is 1. The summed E-state index contributed by atoms with van der Waals surface area (Å²) in [5.41, 5.74) is 2.49. The first-order chi connectivity index (χ1) is 9.08. The van der Waals surface area contributed by atoms with E-state index in [0.717, 1.165) is 22.0 Å². The Morgan fingerprint density at radius 1 is 1.37 bits per heavy atom. The Bertz CT molecular complexity index is 600. The van der Waals surface area contributed by atoms with Crippen LogP contribution in [-0.2, 0) is 4.79 Å². The van der Waals surface area contributed by atoms with Gasteiger partial charge in [0.1, 0.15) is 5.01 Å². The normalized spacial score (nSPS) is 11.9. The van der Waals surface area contributed by atoms with Crippen LogP contribution < -0.4 is 0 Å². The van der Waals surface area contributed by atoms with Crippen LogP contribution in [0.25, 0.3) is 16.8 Å². The van der Waals surface area contributed by atoms with Crippen LogP contribution in [0.15, 0.2) is 35.3 Å². The Balaban J connectivity index is 2.32. The Kier molecular flexibility index (Phi) is 4.22. The zero-order valence-corrected chi connectivity index (χ0v) is 12.1. The molecule has 0 saturated heterocycles. The van der Waals surface area contributed by atoms with E-state index in [1.807, 2.05) is 43.5 Å². The SMILES string of the molecule is CC(=O)/C(=C/c1csc(-c2ccccn2)n1)C(C)C. The summed E-state index contributed by atoms with van der Waals surface area (Å²) in [5.74, 6) is 0.305. The molecule has 0 bridgehead atoms. The molecular weight excluding hydrogens is 256 g/mol. The first-order valence-electron chi connectivity index (χ1n) is 6.17. The summed E-state index contributed by atoms with van der Waals surface area (Å²) in [6.45, 7) is 5.62. The van der Waals surface area contributed by atoms with Crippen LogP contribution in [0.2, 0.25) is 0 Å². The van der Waals surface area contributed by atoms with Crippen molar-refractivity contribution in [3.05, 3.63) is 41.0 Å². The third-order valence-corrected chi connectivity index (χ3v) is 3.62. The molecule has 0 radical (unpaired) electrons. The zero-order chi connectivity index (χ0) is 13.8. The molecule has 0 atom stereocenters. The molecule has 0 aliphatic heterocycles. The van der Waals surface area contributed by atoms with Crippen LogP contribution in [0.4, 0.5) is 0 Å². The van der Waals surface area contributed by atoms with Crippen LogP contribution >= 0.6 is 11.3 Å². The van der Waals surface area contributed by atoms with Crippen molar-refractivity contribution in [1.29, 1.82) is 0 Å². The van der Waals surface area contributed by atoms with Crippen LogP contribution in [0, 0.1) is 5.92 Å². The summed E-state index contributed by atoms with van der Waals surface area (Å²) in [7, 11) is 0. The quantitative estimate of drug-likeness (QED) is 0.794. The molecule has 2 aromatic heterocycles. The predicted molar refractivity (Wildman–Crippen MR) is 78.8 cm³/mol. The number of hydrogen-bond acceptors (Lipinski definition) is 4. The predicted octanol–water partition coefficient (Wildman–Crippen LogP) is 3.83. The lowest BCUT2D eigenvalue weighted by atomic mass is 9.99. The van der Waals surface area contributed by atoms with E-state index < -0.39 is 0 Å². The molecule has 2 rings (SSSR count). The molecule has 0 amide bonds. The number of allylic oxidation sites excluding steroid dienone is 1. The van der Waals surface area contributed by atoms with Gasteiger partial charge in [0, 0.05) is 11.6 Å². The standard InChI is InChI=1S/C15H16N2OS/c1-10(2)13(11(3)18)8-12-9-19-15(17-12)14-6-4-5-7-16-14/h4-10H,1-3H3/b13-8+. The van der Waals surface area contributed by atoms with Crippen molar-refractivity contribution in [2.75, 3.05) is 0 Å². The highest BCUT2D eigenvalue weighted by Crippen LogP contribution is 2.23. The summed E-state index contributed by atoms with van der Waals surface area (Å²) in [4.78, 5) is 20.3. The summed E-state index contributed by atoms with van der Waals surface area (Å²) in [5, 5.41) is 2.83. The maximum atomic E-state index is 11.6. The van der Waals surface area contributed by atoms with E-state index in [1.165, 1.54) is 11.3 Å². The average Bonchev–Trinajstić information content (AvgIpc) is 2.85. The van der Waals surface area contributed by atoms with Gasteiger partial charge in [-0.2, -0.15) is 0 Å². The van der Waals surface area contributed by atoms with Gasteiger partial charge in [-0.1, -0.05) is 19.9 Å². The van der Waals surface area contributed by atoms with Gasteiger partial charge in [-0.05, 0) is 36.6 Å². The van der Waals surface area contributed by atoms with E-state index in [-0.39, 0.29) is 11.7 Å². The highest BCUT2D eigenvalue weighted by atomic mass is 32.1. The van der Waals surface area contributed by atoms with Crippen LogP contribution in [0.1, 0.15) is 26.5 Å². The molecule has 4 heteroatoms. The van der Waals surface area contributed by atoms with E-state index in [1.54, 1.807) is 13.1 Å². The van der Waals surface area contributed by atoms with Crippen molar-refractivity contribution in [2.24, 2.45) is 5.92 Å². The van der Waals surface area contributed by atoms with E-state index in [4.69, 9.17) is 0 Å². The number of thiazole rings is 1. The number of hydrogen-bond donors (Lipinski definition) is 0. The molecule has 0 aromatic carbocycles. The lowest BCUT2D eigenvalue weighted by molar-refractivity contribution is -0.113. The van der Waals surface area contributed by atoms with Gasteiger partial charge in [-0.25, -0.2) is 4.98 Å². The third kappa shape index (κ3) is 3.35. The lowest BCUT2D eigenvalue weighted by Crippen LogP contribution is -2.03. The minimum absolute atomic E-state index is 0.0994. The Morgan fingerprint density at radius 3 is 2.74 bits per heavy atom. The fourth-order valence-corrected chi connectivity index (χ4v) is 2.55. The Morgan fingerprint density at radius 2 is 2.16 bits per heavy atom. The Hall–Kier alpha value is -1.81. The van der Waals surface area contributed by atoms with Gasteiger partial charge in [0.25, 0.3) is 0 Å². The average molecular weight is 272 g/mol. The van der Waals surface area contributed by atoms with E-state index >= 15 is 0 Å². The zero-order valence-electron chi connectivity index (χ0n) is 11.3. The van der Waals surface area contributed by atoms with Crippen LogP contribution in [0.5, 0.6) is 0 Å². The van der Waals surface area contributed by atoms with Crippen LogP contribution in [-0.4, -0.2) is 15.8 Å². The smallest absolute Gasteiger partial charge is 0.156 e. The highest BCUT2D eigenvalue weighted by molar-refractivity contribution is 7.13. The first-order valence-corrected chi connectivity index (χ1v) is 7.05. The molecule has 0 aliphatic carbocycles. The van der Waals surface area contributed by atoms with Gasteiger partial charge in [0.15, 0.2) is 5.78 Å². The summed E-state index contributed by atoms with van der Waals surface area (Å²) in [6.07, 6.45) is 3.62. The molecule has 98 valence electrons. The molecule has 0 aliphatic rings. The number of Topliss-reactive ketones (excluding diaryl/α,β-unsaturated/α-hetero) is 1. The second-order valence-electron chi connectivity index (χ2n) is 4.60. The maximum Gasteiger partial charge on any atom is 0.156 e. The van der Waals surface area contributed by atoms with Crippen molar-refractivity contribution >= 4 is 23.2 Å². The molecule has 0 saturated carbocycles. The number of carbonyl (C=O) groups is 1. The van der Waals surface area contributed by atoms with Gasteiger partial charge in [-0.3, -0.25) is 9.78 Å². The fourth-order valence-electron chi connectivity index (χ4n) is 1.79. The highest BCUT2D eigenvalue weighted by Gasteiger charge is 2.10. The van der Waals surface area contributed by atoms with Crippen molar-refractivity contribution in [3.8, 4) is 10.7 Å². The number of ketones is 1. The first kappa shape index (κ1) is 13.6. The second kappa shape index (κ2) is 5.89. The molecule has 0 spiro atoms. The largest absolute Gasteiger partial charge is 0.295 e. The van der Waals surface area contributed by atoms with Gasteiger partial charge in [-0.15, -0.1) is 11.3 Å². The topological polar surface area (TPSA) is 42.9 Å². The van der Waals surface area contributed by atoms with Gasteiger partial charge in [0.2, 0.25) is 0 Å². The van der Waals surface area contributed by atoms with Crippen LogP contribution in [0.3, 0.4) is 0 Å². The molecular formula is C15H16N2OS. The lowest BCUT2D eigenvalue weighted by Gasteiger charge is -2.05. The molecule has 2 heterocycles. The molecule has 0 unspecified atom stereocenters. The Labute approximate surface area is 117 Å². The maximum absolute atomic E-state index is 11.6. The van der Waals surface area contributed by atoms with E-state index in [9.17, 15) is 4.79 Å². The van der Waals surface area contributed by atoms with Crippen molar-refractivity contribution in [3.63, 3.8) is 0 Å². The molecule has 0 fully saturated rings. The van der Waals surface area contributed by atoms with Gasteiger partial charge < -0.3 is 0 Å². The number of aromatic nitrogens is 2. The molecule has 3 nitrogen and oxygen atoms in total. The summed E-state index contributed by atoms with van der Waals surface area (Å²) < 4.78 is 0. The van der Waals surface area contributed by atoms with Gasteiger partial charge >= 0.3 is 0 Å². The summed E-state index contributed by atoms with van der Waals surface area (Å²) >= 11 is 1.54. The molecule has 19 heavy (non-hydrogen) atoms. The van der Waals surface area contributed by atoms with E-state index in [0.29, 0.717) is 0 Å². The molecule has 2 aromatic rings. The van der Waals surface area contributed by atoms with Crippen molar-refractivity contribution in [1.82, 2.24) is 9.97 Å². The second-order valence-corrected chi connectivity index (χ2v) is 5.46. The monoisotopic (exact) mass is 272 g/mol. The fraction of sp³-hybridized carbons (Fsp3) is 0.267. The van der Waals surface area contributed by atoms with Crippen molar-refractivity contribution in [2.45, 2.75) is 20.8 Å². The van der Waals surface area contributed by atoms with Gasteiger partial charge in [0.05, 0.1) is 11.4 Å². The van der Waals surface area contributed by atoms with E-state index in [2.05, 4.69) is 9.97 Å². The minimum Gasteiger partial charge on any atom is -0.295 e. The molecule has 0 N–H and O–H groups in total. The number of nitrogens with zero attached hydrogens (tertiary/aromatic N) is 2. The summed E-state index contributed by atoms with van der Waals surface area (Å²) in [6, 6.07) is 5.75.